The van der Waals surface area contributed by atoms with E-state index in [1.54, 1.807) is 0 Å². The Morgan fingerprint density at radius 1 is 1.25 bits per heavy atom. The van der Waals surface area contributed by atoms with Crippen molar-refractivity contribution in [1.82, 2.24) is 4.90 Å². The quantitative estimate of drug-likeness (QED) is 0.791. The van der Waals surface area contributed by atoms with Crippen molar-refractivity contribution in [1.29, 1.82) is 0 Å². The van der Waals surface area contributed by atoms with Gasteiger partial charge in [0.15, 0.2) is 0 Å². The highest BCUT2D eigenvalue weighted by atomic mass is 79.9. The first kappa shape index (κ1) is 14.0. The molecule has 2 aliphatic heterocycles. The van der Waals surface area contributed by atoms with Gasteiger partial charge in [-0.15, -0.1) is 0 Å². The van der Waals surface area contributed by atoms with Crippen molar-refractivity contribution in [3.05, 3.63) is 28.2 Å². The van der Waals surface area contributed by atoms with E-state index < -0.39 is 0 Å². The van der Waals surface area contributed by atoms with Crippen LogP contribution < -0.4 is 4.90 Å². The van der Waals surface area contributed by atoms with E-state index in [1.807, 2.05) is 18.2 Å². The smallest absolute Gasteiger partial charge is 0.150 e. The van der Waals surface area contributed by atoms with Crippen molar-refractivity contribution in [2.24, 2.45) is 0 Å². The molecule has 108 valence electrons. The van der Waals surface area contributed by atoms with Gasteiger partial charge in [0.25, 0.3) is 0 Å². The van der Waals surface area contributed by atoms with Gasteiger partial charge >= 0.3 is 0 Å². The molecule has 5 heteroatoms. The topological polar surface area (TPSA) is 32.8 Å². The summed E-state index contributed by atoms with van der Waals surface area (Å²) in [5, 5.41) is 0. The van der Waals surface area contributed by atoms with Gasteiger partial charge in [0.1, 0.15) is 6.29 Å². The molecule has 2 fully saturated rings. The Bertz CT molecular complexity index is 489. The highest BCUT2D eigenvalue weighted by Crippen LogP contribution is 2.31. The van der Waals surface area contributed by atoms with Gasteiger partial charge in [0, 0.05) is 42.3 Å². The summed E-state index contributed by atoms with van der Waals surface area (Å²) in [4.78, 5) is 15.7. The van der Waals surface area contributed by atoms with Gasteiger partial charge in [-0.2, -0.15) is 0 Å². The molecule has 1 atom stereocenters. The van der Waals surface area contributed by atoms with Gasteiger partial charge in [-0.25, -0.2) is 0 Å². The van der Waals surface area contributed by atoms with Gasteiger partial charge in [-0.3, -0.25) is 9.69 Å². The maximum atomic E-state index is 10.8. The van der Waals surface area contributed by atoms with Crippen LogP contribution in [0.15, 0.2) is 22.7 Å². The number of halogens is 1. The second-order valence-corrected chi connectivity index (χ2v) is 6.22. The van der Waals surface area contributed by atoms with Crippen molar-refractivity contribution < 1.29 is 9.53 Å². The summed E-state index contributed by atoms with van der Waals surface area (Å²) in [5.74, 6) is 0. The van der Waals surface area contributed by atoms with Gasteiger partial charge in [0.05, 0.1) is 18.9 Å². The van der Waals surface area contributed by atoms with E-state index in [2.05, 4.69) is 25.7 Å². The van der Waals surface area contributed by atoms with Crippen molar-refractivity contribution >= 4 is 27.9 Å². The molecular formula is C15H19BrN2O2. The second kappa shape index (κ2) is 6.24. The minimum absolute atomic E-state index is 0.622. The van der Waals surface area contributed by atoms with Gasteiger partial charge < -0.3 is 9.64 Å². The number of hydrogen-bond acceptors (Lipinski definition) is 4. The number of aldehydes is 1. The number of hydrogen-bond donors (Lipinski definition) is 0. The third kappa shape index (κ3) is 2.90. The number of rotatable bonds is 3. The fourth-order valence-corrected chi connectivity index (χ4v) is 3.70. The number of carbonyl (C=O) groups is 1. The van der Waals surface area contributed by atoms with Crippen molar-refractivity contribution in [2.75, 3.05) is 44.3 Å². The van der Waals surface area contributed by atoms with Crippen LogP contribution in [-0.2, 0) is 4.74 Å². The molecule has 2 heterocycles. The van der Waals surface area contributed by atoms with E-state index in [4.69, 9.17) is 4.74 Å². The van der Waals surface area contributed by atoms with Crippen molar-refractivity contribution in [2.45, 2.75) is 12.5 Å². The molecule has 0 spiro atoms. The monoisotopic (exact) mass is 338 g/mol. The lowest BCUT2D eigenvalue weighted by atomic mass is 10.2. The van der Waals surface area contributed by atoms with Crippen LogP contribution in [0.4, 0.5) is 5.69 Å². The molecule has 2 aliphatic rings. The Hall–Kier alpha value is -0.910. The van der Waals surface area contributed by atoms with Gasteiger partial charge in [-0.1, -0.05) is 0 Å². The molecule has 0 aromatic heterocycles. The Morgan fingerprint density at radius 3 is 2.75 bits per heavy atom. The largest absolute Gasteiger partial charge is 0.379 e. The number of anilines is 1. The molecule has 4 nitrogen and oxygen atoms in total. The molecule has 0 bridgehead atoms. The lowest BCUT2D eigenvalue weighted by Gasteiger charge is -2.32. The van der Waals surface area contributed by atoms with Crippen LogP contribution in [0.1, 0.15) is 16.8 Å². The van der Waals surface area contributed by atoms with Crippen LogP contribution in [0.5, 0.6) is 0 Å². The highest BCUT2D eigenvalue weighted by Gasteiger charge is 2.29. The molecule has 0 amide bonds. The molecule has 1 aromatic rings. The summed E-state index contributed by atoms with van der Waals surface area (Å²) in [6.07, 6.45) is 2.08. The van der Waals surface area contributed by atoms with Crippen LogP contribution in [0, 0.1) is 0 Å². The maximum Gasteiger partial charge on any atom is 0.150 e. The molecule has 1 aromatic carbocycles. The van der Waals surface area contributed by atoms with Crippen LogP contribution in [0.2, 0.25) is 0 Å². The molecule has 3 rings (SSSR count). The van der Waals surface area contributed by atoms with Gasteiger partial charge in [0.2, 0.25) is 0 Å². The van der Waals surface area contributed by atoms with E-state index in [9.17, 15) is 4.79 Å². The van der Waals surface area contributed by atoms with Crippen molar-refractivity contribution in [3.63, 3.8) is 0 Å². The first-order valence-electron chi connectivity index (χ1n) is 7.09. The number of benzene rings is 1. The molecule has 2 saturated heterocycles. The van der Waals surface area contributed by atoms with E-state index in [0.717, 1.165) is 50.2 Å². The zero-order chi connectivity index (χ0) is 13.9. The Labute approximate surface area is 127 Å². The number of nitrogens with zero attached hydrogens (tertiary/aromatic N) is 2. The SMILES string of the molecule is O=Cc1ccc(N2CCC(N3CCOCC3)C2)c(Br)c1. The average Bonchev–Trinajstić information content (AvgIpc) is 2.97. The fraction of sp³-hybridized carbons (Fsp3) is 0.533. The first-order chi connectivity index (χ1) is 9.78. The highest BCUT2D eigenvalue weighted by molar-refractivity contribution is 9.10. The van der Waals surface area contributed by atoms with E-state index in [-0.39, 0.29) is 0 Å². The van der Waals surface area contributed by atoms with Crippen LogP contribution in [-0.4, -0.2) is 56.6 Å². The predicted molar refractivity (Wildman–Crippen MR) is 82.5 cm³/mol. The fourth-order valence-electron chi connectivity index (χ4n) is 3.05. The number of morpholine rings is 1. The lowest BCUT2D eigenvalue weighted by Crippen LogP contribution is -2.44. The summed E-state index contributed by atoms with van der Waals surface area (Å²) in [6, 6.07) is 6.44. The third-order valence-electron chi connectivity index (χ3n) is 4.17. The molecule has 0 radical (unpaired) electrons. The first-order valence-corrected chi connectivity index (χ1v) is 7.88. The molecule has 0 N–H and O–H groups in total. The molecular weight excluding hydrogens is 320 g/mol. The van der Waals surface area contributed by atoms with Crippen LogP contribution in [0.3, 0.4) is 0 Å². The standard InChI is InChI=1S/C15H19BrN2O2/c16-14-9-12(11-19)1-2-15(14)18-4-3-13(10-18)17-5-7-20-8-6-17/h1-2,9,11,13H,3-8,10H2. The summed E-state index contributed by atoms with van der Waals surface area (Å²) < 4.78 is 6.42. The molecule has 20 heavy (non-hydrogen) atoms. The maximum absolute atomic E-state index is 10.8. The molecule has 0 saturated carbocycles. The van der Waals surface area contributed by atoms with Gasteiger partial charge in [-0.05, 0) is 40.5 Å². The molecule has 0 aliphatic carbocycles. The molecule has 1 unspecified atom stereocenters. The Kier molecular flexibility index (Phi) is 4.38. The Balaban J connectivity index is 1.68. The third-order valence-corrected chi connectivity index (χ3v) is 4.81. The van der Waals surface area contributed by atoms with E-state index >= 15 is 0 Å². The normalized spacial score (nSPS) is 24.1. The van der Waals surface area contributed by atoms with Crippen LogP contribution >= 0.6 is 15.9 Å². The second-order valence-electron chi connectivity index (χ2n) is 5.37. The summed E-state index contributed by atoms with van der Waals surface area (Å²) in [5.41, 5.74) is 1.90. The summed E-state index contributed by atoms with van der Waals surface area (Å²) >= 11 is 3.58. The summed E-state index contributed by atoms with van der Waals surface area (Å²) in [6.45, 7) is 5.93. The van der Waals surface area contributed by atoms with Crippen molar-refractivity contribution in [3.8, 4) is 0 Å². The summed E-state index contributed by atoms with van der Waals surface area (Å²) in [7, 11) is 0. The minimum atomic E-state index is 0.622. The predicted octanol–water partition coefficient (Wildman–Crippen LogP) is 2.17. The van der Waals surface area contributed by atoms with E-state index in [1.165, 1.54) is 12.1 Å². The number of carbonyl (C=O) groups excluding carboxylic acids is 1. The zero-order valence-electron chi connectivity index (χ0n) is 11.4. The van der Waals surface area contributed by atoms with E-state index in [0.29, 0.717) is 11.6 Å². The minimum Gasteiger partial charge on any atom is -0.379 e. The zero-order valence-corrected chi connectivity index (χ0v) is 13.0. The lowest BCUT2D eigenvalue weighted by molar-refractivity contribution is 0.0209. The Morgan fingerprint density at radius 2 is 2.05 bits per heavy atom. The number of ether oxygens (including phenoxy) is 1. The van der Waals surface area contributed by atoms with Crippen LogP contribution in [0.25, 0.3) is 0 Å². The average molecular weight is 339 g/mol.